The number of rotatable bonds is 17. The van der Waals surface area contributed by atoms with Gasteiger partial charge in [-0.1, -0.05) is 13.3 Å². The van der Waals surface area contributed by atoms with Gasteiger partial charge in [0.1, 0.15) is 0 Å². The SMILES string of the molecule is CCCCCCCCCCCCCC[PH](CC)(CC)Cc1ccccc1. The standard InChI is InChI=1S/C25H47P/c1-4-7-8-9-10-11-12-13-14-15-16-20-23-26(5-2,6-3)24-25-21-18-17-19-22-25/h17-19,21-22,26H,4-16,20,23-24H2,1-3H3. The average molecular weight is 379 g/mol. The molecule has 0 aliphatic rings. The van der Waals surface area contributed by atoms with E-state index in [1.54, 1.807) is 11.7 Å². The van der Waals surface area contributed by atoms with Gasteiger partial charge >= 0.3 is 152 Å². The molecule has 0 spiro atoms. The Hall–Kier alpha value is -0.350. The van der Waals surface area contributed by atoms with Crippen molar-refractivity contribution in [3.8, 4) is 0 Å². The second-order valence-electron chi connectivity index (χ2n) is 8.51. The molecule has 1 heteroatoms. The molecule has 0 atom stereocenters. The number of hydrogen-bond donors (Lipinski definition) is 0. The quantitative estimate of drug-likeness (QED) is 0.188. The number of unbranched alkanes of at least 4 members (excludes halogenated alkanes) is 11. The van der Waals surface area contributed by atoms with Crippen molar-refractivity contribution in [2.24, 2.45) is 0 Å². The van der Waals surface area contributed by atoms with E-state index in [0.29, 0.717) is 0 Å². The van der Waals surface area contributed by atoms with Crippen LogP contribution in [0.2, 0.25) is 0 Å². The van der Waals surface area contributed by atoms with E-state index in [2.05, 4.69) is 51.1 Å². The maximum atomic E-state index is 2.46. The summed E-state index contributed by atoms with van der Waals surface area (Å²) in [5.74, 6) is 0. The Morgan fingerprint density at radius 1 is 0.577 bits per heavy atom. The van der Waals surface area contributed by atoms with E-state index in [-0.39, 0.29) is 0 Å². The molecule has 0 bridgehead atoms. The summed E-state index contributed by atoms with van der Waals surface area (Å²) in [6.45, 7) is 7.22. The summed E-state index contributed by atoms with van der Waals surface area (Å²) in [7, 11) is -1.08. The predicted octanol–water partition coefficient (Wildman–Crippen LogP) is 8.68. The predicted molar refractivity (Wildman–Crippen MR) is 125 cm³/mol. The summed E-state index contributed by atoms with van der Waals surface area (Å²) in [5, 5.41) is 0. The molecule has 0 aliphatic carbocycles. The number of benzene rings is 1. The normalized spacial score (nSPS) is 12.4. The van der Waals surface area contributed by atoms with Gasteiger partial charge in [0.2, 0.25) is 0 Å². The van der Waals surface area contributed by atoms with E-state index in [9.17, 15) is 0 Å². The zero-order valence-electron chi connectivity index (χ0n) is 18.2. The van der Waals surface area contributed by atoms with Crippen molar-refractivity contribution in [2.45, 2.75) is 104 Å². The van der Waals surface area contributed by atoms with E-state index >= 15 is 0 Å². The van der Waals surface area contributed by atoms with Gasteiger partial charge in [-0.3, -0.25) is 0 Å². The summed E-state index contributed by atoms with van der Waals surface area (Å²) in [6, 6.07) is 11.3. The van der Waals surface area contributed by atoms with Gasteiger partial charge in [0.15, 0.2) is 0 Å². The van der Waals surface area contributed by atoms with Gasteiger partial charge < -0.3 is 0 Å². The first kappa shape index (κ1) is 23.7. The Labute approximate surface area is 165 Å². The zero-order valence-corrected chi connectivity index (χ0v) is 19.2. The van der Waals surface area contributed by atoms with Crippen LogP contribution in [0.15, 0.2) is 30.3 Å². The summed E-state index contributed by atoms with van der Waals surface area (Å²) in [5.41, 5.74) is 1.59. The molecule has 1 aromatic carbocycles. The second kappa shape index (κ2) is 15.7. The Morgan fingerprint density at radius 2 is 1.04 bits per heavy atom. The van der Waals surface area contributed by atoms with E-state index in [4.69, 9.17) is 0 Å². The second-order valence-corrected chi connectivity index (χ2v) is 13.8. The molecule has 1 aromatic rings. The molecule has 0 aliphatic heterocycles. The van der Waals surface area contributed by atoms with Gasteiger partial charge in [-0.05, 0) is 0 Å². The van der Waals surface area contributed by atoms with Crippen LogP contribution in [0.3, 0.4) is 0 Å². The third-order valence-corrected chi connectivity index (χ3v) is 12.1. The van der Waals surface area contributed by atoms with Crippen molar-refractivity contribution in [2.75, 3.05) is 18.5 Å². The Bertz CT molecular complexity index is 407. The third kappa shape index (κ3) is 10.7. The van der Waals surface area contributed by atoms with Crippen molar-refractivity contribution in [3.05, 3.63) is 35.9 Å². The molecule has 1 rings (SSSR count). The van der Waals surface area contributed by atoms with Crippen LogP contribution < -0.4 is 0 Å². The van der Waals surface area contributed by atoms with Gasteiger partial charge in [0, 0.05) is 0 Å². The van der Waals surface area contributed by atoms with Crippen molar-refractivity contribution in [1.29, 1.82) is 0 Å². The number of hydrogen-bond acceptors (Lipinski definition) is 0. The molecule has 0 saturated carbocycles. The first-order chi connectivity index (χ1) is 12.8. The summed E-state index contributed by atoms with van der Waals surface area (Å²) in [6.07, 6.45) is 23.4. The monoisotopic (exact) mass is 378 g/mol. The summed E-state index contributed by atoms with van der Waals surface area (Å²) >= 11 is 0. The van der Waals surface area contributed by atoms with Crippen LogP contribution in [-0.4, -0.2) is 18.5 Å². The molecule has 0 amide bonds. The van der Waals surface area contributed by atoms with E-state index in [0.717, 1.165) is 0 Å². The Balaban J connectivity index is 2.08. The fourth-order valence-electron chi connectivity index (χ4n) is 4.31. The molecule has 0 N–H and O–H groups in total. The fourth-order valence-corrected chi connectivity index (χ4v) is 8.30. The van der Waals surface area contributed by atoms with E-state index in [1.165, 1.54) is 95.5 Å². The first-order valence-corrected chi connectivity index (χ1v) is 14.6. The van der Waals surface area contributed by atoms with Gasteiger partial charge in [0.05, 0.1) is 0 Å². The molecule has 0 radical (unpaired) electrons. The topological polar surface area (TPSA) is 0 Å². The van der Waals surface area contributed by atoms with Crippen LogP contribution in [0, 0.1) is 0 Å². The van der Waals surface area contributed by atoms with Gasteiger partial charge in [-0.25, -0.2) is 0 Å². The van der Waals surface area contributed by atoms with Crippen molar-refractivity contribution < 1.29 is 0 Å². The minimum absolute atomic E-state index is 1.08. The van der Waals surface area contributed by atoms with Gasteiger partial charge in [0.25, 0.3) is 0 Å². The molecule has 0 fully saturated rings. The van der Waals surface area contributed by atoms with Crippen molar-refractivity contribution >= 4 is 7.26 Å². The Morgan fingerprint density at radius 3 is 1.50 bits per heavy atom. The zero-order chi connectivity index (χ0) is 18.9. The molecule has 0 aromatic heterocycles. The van der Waals surface area contributed by atoms with E-state index < -0.39 is 7.26 Å². The average Bonchev–Trinajstić information content (AvgIpc) is 2.68. The van der Waals surface area contributed by atoms with Crippen LogP contribution >= 0.6 is 7.26 Å². The summed E-state index contributed by atoms with van der Waals surface area (Å²) < 4.78 is 0. The molecule has 0 heterocycles. The molecule has 152 valence electrons. The van der Waals surface area contributed by atoms with Gasteiger partial charge in [-0.15, -0.1) is 0 Å². The third-order valence-electron chi connectivity index (χ3n) is 6.48. The molecule has 26 heavy (non-hydrogen) atoms. The van der Waals surface area contributed by atoms with Crippen molar-refractivity contribution in [1.82, 2.24) is 0 Å². The van der Waals surface area contributed by atoms with Crippen LogP contribution in [0.25, 0.3) is 0 Å². The van der Waals surface area contributed by atoms with Crippen molar-refractivity contribution in [3.63, 3.8) is 0 Å². The Kier molecular flexibility index (Phi) is 14.3. The van der Waals surface area contributed by atoms with Crippen LogP contribution in [0.4, 0.5) is 0 Å². The summed E-state index contributed by atoms with van der Waals surface area (Å²) in [4.78, 5) is 0. The minimum atomic E-state index is -1.08. The van der Waals surface area contributed by atoms with Gasteiger partial charge in [-0.2, -0.15) is 0 Å². The van der Waals surface area contributed by atoms with E-state index in [1.807, 2.05) is 0 Å². The molecular formula is C25H47P. The fraction of sp³-hybridized carbons (Fsp3) is 0.760. The molecule has 0 nitrogen and oxygen atoms in total. The van der Waals surface area contributed by atoms with Crippen LogP contribution in [-0.2, 0) is 6.16 Å². The molecular weight excluding hydrogens is 331 g/mol. The van der Waals surface area contributed by atoms with Crippen LogP contribution in [0.5, 0.6) is 0 Å². The molecule has 0 unspecified atom stereocenters. The van der Waals surface area contributed by atoms with Crippen LogP contribution in [0.1, 0.15) is 103 Å². The molecule has 0 saturated heterocycles. The first-order valence-electron chi connectivity index (χ1n) is 11.8. The maximum absolute atomic E-state index is 2.46.